The van der Waals surface area contributed by atoms with Gasteiger partial charge in [0.2, 0.25) is 5.88 Å². The molecule has 1 saturated carbocycles. The normalized spacial score (nSPS) is 14.7. The number of halogens is 1. The molecular weight excluding hydrogens is 509 g/mol. The van der Waals surface area contributed by atoms with Crippen LogP contribution < -0.4 is 26.4 Å². The molecule has 0 aromatic carbocycles. The molecular formula is C25H32FN9O4. The maximum absolute atomic E-state index is 15.2. The molecule has 5 N–H and O–H groups in total. The number of rotatable bonds is 10. The minimum Gasteiger partial charge on any atom is -0.479 e. The molecule has 14 heteroatoms. The van der Waals surface area contributed by atoms with Crippen LogP contribution in [0.1, 0.15) is 50.9 Å². The minimum absolute atomic E-state index is 0.0187. The van der Waals surface area contributed by atoms with E-state index in [1.54, 1.807) is 33.0 Å². The van der Waals surface area contributed by atoms with Crippen LogP contribution in [0.15, 0.2) is 30.7 Å². The van der Waals surface area contributed by atoms with Crippen LogP contribution in [0.25, 0.3) is 5.69 Å². The van der Waals surface area contributed by atoms with E-state index in [0.717, 1.165) is 18.9 Å². The third-order valence-corrected chi connectivity index (χ3v) is 5.92. The number of amides is 2. The molecule has 4 rings (SSSR count). The molecule has 0 aliphatic heterocycles. The zero-order valence-electron chi connectivity index (χ0n) is 22.4. The van der Waals surface area contributed by atoms with Crippen LogP contribution in [-0.2, 0) is 4.74 Å². The molecule has 1 aliphatic carbocycles. The molecule has 1 aliphatic rings. The Morgan fingerprint density at radius 1 is 1.23 bits per heavy atom. The SMILES string of the molecule is COc1ncc(Nc2nc(N[C@H](C3CC3)[C@H](C)NC(=O)OC(C)(C)C)c(F)cc2C(N)=O)cc1-n1ccnn1. The molecule has 0 bridgehead atoms. The summed E-state index contributed by atoms with van der Waals surface area (Å²) < 4.78 is 27.3. The Labute approximate surface area is 224 Å². The number of nitrogens with one attached hydrogen (secondary N) is 3. The molecule has 39 heavy (non-hydrogen) atoms. The first-order chi connectivity index (χ1) is 18.4. The van der Waals surface area contributed by atoms with Gasteiger partial charge in [-0.3, -0.25) is 4.79 Å². The molecule has 0 saturated heterocycles. The number of hydrogen-bond donors (Lipinski definition) is 4. The van der Waals surface area contributed by atoms with Gasteiger partial charge in [-0.1, -0.05) is 5.21 Å². The summed E-state index contributed by atoms with van der Waals surface area (Å²) in [5.41, 5.74) is 5.60. The first-order valence-electron chi connectivity index (χ1n) is 12.4. The van der Waals surface area contributed by atoms with Crippen LogP contribution in [0.5, 0.6) is 5.88 Å². The molecule has 208 valence electrons. The van der Waals surface area contributed by atoms with Crippen molar-refractivity contribution in [3.8, 4) is 11.6 Å². The van der Waals surface area contributed by atoms with Crippen molar-refractivity contribution in [1.29, 1.82) is 0 Å². The molecule has 0 unspecified atom stereocenters. The van der Waals surface area contributed by atoms with Crippen molar-refractivity contribution >= 4 is 29.3 Å². The first kappa shape index (κ1) is 27.5. The number of primary amides is 1. The number of alkyl carbamates (subject to hydrolysis) is 1. The summed E-state index contributed by atoms with van der Waals surface area (Å²) in [5.74, 6) is -1.23. The monoisotopic (exact) mass is 541 g/mol. The van der Waals surface area contributed by atoms with Gasteiger partial charge in [-0.2, -0.15) is 0 Å². The Morgan fingerprint density at radius 3 is 2.56 bits per heavy atom. The predicted molar refractivity (Wildman–Crippen MR) is 141 cm³/mol. The van der Waals surface area contributed by atoms with Crippen molar-refractivity contribution in [1.82, 2.24) is 30.3 Å². The third-order valence-electron chi connectivity index (χ3n) is 5.92. The van der Waals surface area contributed by atoms with E-state index in [0.29, 0.717) is 11.4 Å². The first-order valence-corrected chi connectivity index (χ1v) is 12.4. The fourth-order valence-electron chi connectivity index (χ4n) is 4.02. The Morgan fingerprint density at radius 2 is 1.97 bits per heavy atom. The highest BCUT2D eigenvalue weighted by atomic mass is 19.1. The number of hydrogen-bond acceptors (Lipinski definition) is 10. The van der Waals surface area contributed by atoms with Crippen molar-refractivity contribution in [2.75, 3.05) is 17.7 Å². The number of methoxy groups -OCH3 is 1. The number of aromatic nitrogens is 5. The molecule has 3 heterocycles. The van der Waals surface area contributed by atoms with E-state index >= 15 is 4.39 Å². The fourth-order valence-corrected chi connectivity index (χ4v) is 4.02. The maximum Gasteiger partial charge on any atom is 0.407 e. The predicted octanol–water partition coefficient (Wildman–Crippen LogP) is 3.15. The molecule has 3 aromatic rings. The van der Waals surface area contributed by atoms with Gasteiger partial charge in [0.25, 0.3) is 5.91 Å². The molecule has 2 amide bonds. The summed E-state index contributed by atoms with van der Waals surface area (Å²) in [5, 5.41) is 16.7. The van der Waals surface area contributed by atoms with E-state index < -0.39 is 29.5 Å². The molecule has 0 radical (unpaired) electrons. The van der Waals surface area contributed by atoms with Crippen molar-refractivity contribution in [2.45, 2.75) is 58.2 Å². The number of ether oxygens (including phenoxy) is 2. The Balaban J connectivity index is 1.61. The second kappa shape index (κ2) is 11.1. The quantitative estimate of drug-likeness (QED) is 0.299. The van der Waals surface area contributed by atoms with Crippen molar-refractivity contribution in [2.24, 2.45) is 11.7 Å². The number of anilines is 3. The zero-order chi connectivity index (χ0) is 28.3. The highest BCUT2D eigenvalue weighted by Crippen LogP contribution is 2.36. The fraction of sp³-hybridized carbons (Fsp3) is 0.440. The summed E-state index contributed by atoms with van der Waals surface area (Å²) in [7, 11) is 1.47. The lowest BCUT2D eigenvalue weighted by Crippen LogP contribution is -2.47. The standard InChI is InChI=1S/C25H32FN9O4/c1-13(30-24(37)39-25(2,3)4)19(14-6-7-14)32-22-17(26)11-16(20(27)36)21(33-22)31-15-10-18(23(38-5)28-12-15)35-9-8-29-34-35/h8-14,19H,6-7H2,1-5H3,(H2,27,36)(H,30,37)(H2,31,32,33)/t13-,19-/m0/s1. The highest BCUT2D eigenvalue weighted by Gasteiger charge is 2.37. The number of nitrogens with zero attached hydrogens (tertiary/aromatic N) is 5. The number of pyridine rings is 2. The smallest absolute Gasteiger partial charge is 0.407 e. The van der Waals surface area contributed by atoms with Crippen LogP contribution >= 0.6 is 0 Å². The van der Waals surface area contributed by atoms with Crippen LogP contribution in [-0.4, -0.2) is 61.8 Å². The number of carbonyl (C=O) groups is 2. The Bertz CT molecular complexity index is 1340. The summed E-state index contributed by atoms with van der Waals surface area (Å²) in [4.78, 5) is 33.1. The van der Waals surface area contributed by atoms with Crippen molar-refractivity contribution in [3.05, 3.63) is 42.1 Å². The highest BCUT2D eigenvalue weighted by molar-refractivity contribution is 5.98. The van der Waals surface area contributed by atoms with E-state index in [2.05, 4.69) is 36.2 Å². The molecule has 0 spiro atoms. The van der Waals surface area contributed by atoms with Gasteiger partial charge in [-0.05, 0) is 58.6 Å². The summed E-state index contributed by atoms with van der Waals surface area (Å²) >= 11 is 0. The molecule has 1 fully saturated rings. The van der Waals surface area contributed by atoms with Gasteiger partial charge in [0.1, 0.15) is 17.1 Å². The second-order valence-electron chi connectivity index (χ2n) is 10.2. The summed E-state index contributed by atoms with van der Waals surface area (Å²) in [6.45, 7) is 7.13. The van der Waals surface area contributed by atoms with Gasteiger partial charge in [0, 0.05) is 6.04 Å². The molecule has 2 atom stereocenters. The molecule has 13 nitrogen and oxygen atoms in total. The largest absolute Gasteiger partial charge is 0.479 e. The van der Waals surface area contributed by atoms with Crippen LogP contribution in [0.3, 0.4) is 0 Å². The van der Waals surface area contributed by atoms with Crippen LogP contribution in [0, 0.1) is 11.7 Å². The van der Waals surface area contributed by atoms with Crippen molar-refractivity contribution < 1.29 is 23.5 Å². The van der Waals surface area contributed by atoms with E-state index in [4.69, 9.17) is 15.2 Å². The van der Waals surface area contributed by atoms with E-state index in [1.165, 1.54) is 24.2 Å². The van der Waals surface area contributed by atoms with Gasteiger partial charge < -0.3 is 31.2 Å². The van der Waals surface area contributed by atoms with Gasteiger partial charge in [-0.25, -0.2) is 23.8 Å². The van der Waals surface area contributed by atoms with Gasteiger partial charge in [0.05, 0.1) is 43.0 Å². The minimum atomic E-state index is -0.868. The third kappa shape index (κ3) is 6.89. The molecule has 3 aromatic heterocycles. The maximum atomic E-state index is 15.2. The number of nitrogens with two attached hydrogens (primary N) is 1. The van der Waals surface area contributed by atoms with Gasteiger partial charge >= 0.3 is 6.09 Å². The van der Waals surface area contributed by atoms with E-state index in [9.17, 15) is 9.59 Å². The Hall–Kier alpha value is -4.49. The second-order valence-corrected chi connectivity index (χ2v) is 10.2. The van der Waals surface area contributed by atoms with Crippen LogP contribution in [0.2, 0.25) is 0 Å². The van der Waals surface area contributed by atoms with Crippen LogP contribution in [0.4, 0.5) is 26.5 Å². The van der Waals surface area contributed by atoms with E-state index in [1.807, 2.05) is 6.92 Å². The number of carbonyl (C=O) groups excluding carboxylic acids is 2. The average molecular weight is 542 g/mol. The average Bonchev–Trinajstić information content (AvgIpc) is 3.54. The summed E-state index contributed by atoms with van der Waals surface area (Å²) in [6.07, 6.45) is 5.82. The summed E-state index contributed by atoms with van der Waals surface area (Å²) in [6, 6.07) is 1.93. The zero-order valence-corrected chi connectivity index (χ0v) is 22.4. The lowest BCUT2D eigenvalue weighted by Gasteiger charge is -2.28. The lowest BCUT2D eigenvalue weighted by molar-refractivity contribution is 0.0501. The van der Waals surface area contributed by atoms with Crippen molar-refractivity contribution in [3.63, 3.8) is 0 Å². The van der Waals surface area contributed by atoms with E-state index in [-0.39, 0.29) is 35.0 Å². The lowest BCUT2D eigenvalue weighted by atomic mass is 10.0. The Kier molecular flexibility index (Phi) is 7.83. The topological polar surface area (TPSA) is 171 Å². The van der Waals surface area contributed by atoms with Gasteiger partial charge in [-0.15, -0.1) is 5.10 Å². The van der Waals surface area contributed by atoms with Gasteiger partial charge in [0.15, 0.2) is 11.6 Å².